The molecule has 0 aliphatic heterocycles. The molecule has 0 amide bonds. The zero-order valence-corrected chi connectivity index (χ0v) is 22.9. The van der Waals surface area contributed by atoms with Crippen LogP contribution in [0.2, 0.25) is 0 Å². The van der Waals surface area contributed by atoms with Gasteiger partial charge < -0.3 is 4.74 Å². The Morgan fingerprint density at radius 2 is 1.76 bits per heavy atom. The summed E-state index contributed by atoms with van der Waals surface area (Å²) in [4.78, 5) is 4.91. The molecule has 1 N–H and O–H groups in total. The number of aryl methyl sites for hydroxylation is 1. The first-order valence-corrected chi connectivity index (χ1v) is 13.8. The lowest BCUT2D eigenvalue weighted by Gasteiger charge is -2.36. The SMILES string of the molecule is COc1cc(C2(C)CCCc3nc(SCc4c(F)cc(-c5nnn[nH]5)cc4F)n(-c4ccc(F)cc4)c32)ccc1F. The quantitative estimate of drug-likeness (QED) is 0.174. The Balaban J connectivity index is 1.44. The molecular weight excluding hydrogens is 556 g/mol. The number of methoxy groups -OCH3 is 1. The second-order valence-corrected chi connectivity index (χ2v) is 10.9. The molecule has 0 bridgehead atoms. The van der Waals surface area contributed by atoms with Gasteiger partial charge in [0, 0.05) is 28.0 Å². The normalized spacial score (nSPS) is 16.5. The first kappa shape index (κ1) is 27.0. The van der Waals surface area contributed by atoms with Gasteiger partial charge in [-0.25, -0.2) is 27.6 Å². The number of thioether (sulfide) groups is 1. The van der Waals surface area contributed by atoms with E-state index in [0.29, 0.717) is 17.3 Å². The van der Waals surface area contributed by atoms with Crippen molar-refractivity contribution in [3.05, 3.63) is 100 Å². The first-order valence-electron chi connectivity index (χ1n) is 12.9. The van der Waals surface area contributed by atoms with Crippen LogP contribution in [0.4, 0.5) is 17.6 Å². The van der Waals surface area contributed by atoms with Crippen LogP contribution in [0.25, 0.3) is 17.1 Å². The predicted molar refractivity (Wildman–Crippen MR) is 145 cm³/mol. The maximum atomic E-state index is 15.1. The molecule has 1 aliphatic carbocycles. The van der Waals surface area contributed by atoms with Gasteiger partial charge in [-0.3, -0.25) is 4.57 Å². The van der Waals surface area contributed by atoms with E-state index >= 15 is 8.78 Å². The lowest BCUT2D eigenvalue weighted by molar-refractivity contribution is 0.381. The molecule has 3 aromatic carbocycles. The van der Waals surface area contributed by atoms with E-state index < -0.39 is 28.7 Å². The van der Waals surface area contributed by atoms with Crippen LogP contribution in [0.5, 0.6) is 5.75 Å². The molecule has 41 heavy (non-hydrogen) atoms. The number of nitrogens with one attached hydrogen (secondary N) is 1. The Bertz CT molecular complexity index is 1700. The molecule has 2 aromatic heterocycles. The Hall–Kier alpha value is -4.19. The lowest BCUT2D eigenvalue weighted by atomic mass is 9.71. The standard InChI is InChI=1S/C29H24F4N6OS/c1-29(17-5-10-21(31)25(14-17)40-2)11-3-4-24-26(29)39(19-8-6-18(30)7-9-19)28(34-24)41-15-20-22(32)12-16(13-23(20)33)27-35-37-38-36-27/h5-10,12-14H,3-4,11,15H2,1-2H3,(H,35,36,37,38). The number of H-pyrrole nitrogens is 1. The molecule has 5 aromatic rings. The summed E-state index contributed by atoms with van der Waals surface area (Å²) in [7, 11) is 1.42. The summed E-state index contributed by atoms with van der Waals surface area (Å²) in [6.45, 7) is 2.06. The minimum atomic E-state index is -0.739. The predicted octanol–water partition coefficient (Wildman–Crippen LogP) is 6.55. The van der Waals surface area contributed by atoms with Gasteiger partial charge in [0.25, 0.3) is 0 Å². The number of hydrogen-bond donors (Lipinski definition) is 1. The highest BCUT2D eigenvalue weighted by atomic mass is 32.2. The van der Waals surface area contributed by atoms with Crippen molar-refractivity contribution in [2.75, 3.05) is 7.11 Å². The molecule has 6 rings (SSSR count). The number of benzene rings is 3. The summed E-state index contributed by atoms with van der Waals surface area (Å²) in [6.07, 6.45) is 2.26. The summed E-state index contributed by atoms with van der Waals surface area (Å²) in [5.74, 6) is -2.10. The molecule has 7 nitrogen and oxygen atoms in total. The summed E-state index contributed by atoms with van der Waals surface area (Å²) in [5, 5.41) is 13.6. The van der Waals surface area contributed by atoms with Crippen LogP contribution in [-0.4, -0.2) is 37.3 Å². The van der Waals surface area contributed by atoms with Crippen LogP contribution in [-0.2, 0) is 17.6 Å². The molecule has 0 spiro atoms. The highest BCUT2D eigenvalue weighted by Gasteiger charge is 2.40. The molecule has 2 heterocycles. The number of tetrazole rings is 1. The number of aromatic nitrogens is 6. The van der Waals surface area contributed by atoms with E-state index in [9.17, 15) is 8.78 Å². The highest BCUT2D eigenvalue weighted by Crippen LogP contribution is 2.46. The fraction of sp³-hybridized carbons (Fsp3) is 0.241. The summed E-state index contributed by atoms with van der Waals surface area (Å²) >= 11 is 1.18. The Morgan fingerprint density at radius 3 is 2.44 bits per heavy atom. The van der Waals surface area contributed by atoms with Crippen molar-refractivity contribution < 1.29 is 22.3 Å². The molecule has 0 radical (unpaired) electrons. The van der Waals surface area contributed by atoms with Crippen molar-refractivity contribution in [2.24, 2.45) is 0 Å². The van der Waals surface area contributed by atoms with Crippen molar-refractivity contribution in [3.63, 3.8) is 0 Å². The number of fused-ring (bicyclic) bond motifs is 1. The van der Waals surface area contributed by atoms with Crippen molar-refractivity contribution in [3.8, 4) is 22.8 Å². The number of hydrogen-bond acceptors (Lipinski definition) is 6. The van der Waals surface area contributed by atoms with Gasteiger partial charge in [0.15, 0.2) is 22.5 Å². The molecule has 1 unspecified atom stereocenters. The zero-order chi connectivity index (χ0) is 28.7. The number of aromatic amines is 1. The van der Waals surface area contributed by atoms with E-state index in [1.165, 1.54) is 49.2 Å². The van der Waals surface area contributed by atoms with Crippen LogP contribution in [0, 0.1) is 23.3 Å². The topological polar surface area (TPSA) is 81.5 Å². The van der Waals surface area contributed by atoms with Gasteiger partial charge in [0.1, 0.15) is 17.5 Å². The molecule has 210 valence electrons. The van der Waals surface area contributed by atoms with Crippen molar-refractivity contribution in [1.82, 2.24) is 30.2 Å². The Kier molecular flexibility index (Phi) is 7.02. The number of imidazole rings is 1. The third kappa shape index (κ3) is 4.86. The molecule has 0 saturated carbocycles. The molecule has 1 atom stereocenters. The van der Waals surface area contributed by atoms with Crippen LogP contribution < -0.4 is 4.74 Å². The summed E-state index contributed by atoms with van der Waals surface area (Å²) in [6, 6.07) is 13.2. The second kappa shape index (κ2) is 10.7. The number of ether oxygens (including phenoxy) is 1. The van der Waals surface area contributed by atoms with Crippen molar-refractivity contribution in [1.29, 1.82) is 0 Å². The second-order valence-electron chi connectivity index (χ2n) is 9.99. The van der Waals surface area contributed by atoms with E-state index in [2.05, 4.69) is 27.5 Å². The average Bonchev–Trinajstić information content (AvgIpc) is 3.63. The van der Waals surface area contributed by atoms with Crippen LogP contribution in [0.1, 0.15) is 42.3 Å². The van der Waals surface area contributed by atoms with Crippen molar-refractivity contribution in [2.45, 2.75) is 42.5 Å². The Morgan fingerprint density at radius 1 is 1.00 bits per heavy atom. The van der Waals surface area contributed by atoms with Crippen LogP contribution >= 0.6 is 11.8 Å². The minimum Gasteiger partial charge on any atom is -0.494 e. The number of nitrogens with zero attached hydrogens (tertiary/aromatic N) is 5. The van der Waals surface area contributed by atoms with Gasteiger partial charge in [0.2, 0.25) is 0 Å². The molecule has 12 heteroatoms. The van der Waals surface area contributed by atoms with Gasteiger partial charge in [-0.05, 0) is 90.7 Å². The smallest absolute Gasteiger partial charge is 0.179 e. The van der Waals surface area contributed by atoms with Gasteiger partial charge >= 0.3 is 0 Å². The Labute approximate surface area is 237 Å². The van der Waals surface area contributed by atoms with Crippen molar-refractivity contribution >= 4 is 11.8 Å². The van der Waals surface area contributed by atoms with E-state index in [0.717, 1.165) is 29.8 Å². The molecule has 0 saturated heterocycles. The highest BCUT2D eigenvalue weighted by molar-refractivity contribution is 7.98. The van der Waals surface area contributed by atoms with Crippen LogP contribution in [0.3, 0.4) is 0 Å². The lowest BCUT2D eigenvalue weighted by Crippen LogP contribution is -2.31. The van der Waals surface area contributed by atoms with E-state index in [1.807, 2.05) is 4.57 Å². The largest absolute Gasteiger partial charge is 0.494 e. The third-order valence-electron chi connectivity index (χ3n) is 7.51. The van der Waals surface area contributed by atoms with E-state index in [1.54, 1.807) is 24.3 Å². The minimum absolute atomic E-state index is 0.0508. The number of rotatable bonds is 7. The fourth-order valence-corrected chi connectivity index (χ4v) is 6.47. The molecule has 0 fully saturated rings. The summed E-state index contributed by atoms with van der Waals surface area (Å²) in [5.41, 5.74) is 2.64. The van der Waals surface area contributed by atoms with E-state index in [4.69, 9.17) is 9.72 Å². The first-order chi connectivity index (χ1) is 19.8. The van der Waals surface area contributed by atoms with E-state index in [-0.39, 0.29) is 28.5 Å². The monoisotopic (exact) mass is 580 g/mol. The third-order valence-corrected chi connectivity index (χ3v) is 8.48. The van der Waals surface area contributed by atoms with Gasteiger partial charge in [-0.15, -0.1) is 5.10 Å². The van der Waals surface area contributed by atoms with Gasteiger partial charge in [-0.2, -0.15) is 0 Å². The molecule has 1 aliphatic rings. The van der Waals surface area contributed by atoms with Crippen LogP contribution in [0.15, 0.2) is 59.8 Å². The van der Waals surface area contributed by atoms with Gasteiger partial charge in [-0.1, -0.05) is 17.8 Å². The zero-order valence-electron chi connectivity index (χ0n) is 22.1. The maximum absolute atomic E-state index is 15.1. The molecular formula is C29H24F4N6OS. The van der Waals surface area contributed by atoms with Gasteiger partial charge in [0.05, 0.1) is 18.5 Å². The average molecular weight is 581 g/mol. The maximum Gasteiger partial charge on any atom is 0.179 e. The fourth-order valence-electron chi connectivity index (χ4n) is 5.42. The summed E-state index contributed by atoms with van der Waals surface area (Å²) < 4.78 is 65.6. The number of halogens is 4.